The summed E-state index contributed by atoms with van der Waals surface area (Å²) in [7, 11) is -2.12. The van der Waals surface area contributed by atoms with E-state index in [1.807, 2.05) is 0 Å². The number of amides is 1. The number of benzene rings is 2. The largest absolute Gasteiger partial charge is 0.497 e. The molecule has 0 spiro atoms. The third-order valence-corrected chi connectivity index (χ3v) is 5.62. The molecule has 11 heteroatoms. The van der Waals surface area contributed by atoms with Crippen molar-refractivity contribution in [3.8, 4) is 5.75 Å². The minimum absolute atomic E-state index is 0.00883. The van der Waals surface area contributed by atoms with Crippen molar-refractivity contribution in [1.82, 2.24) is 0 Å². The quantitative estimate of drug-likeness (QED) is 0.621. The molecule has 0 atom stereocenters. The van der Waals surface area contributed by atoms with Crippen LogP contribution in [0.2, 0.25) is 5.02 Å². The van der Waals surface area contributed by atoms with Crippen LogP contribution in [0.15, 0.2) is 42.5 Å². The number of methoxy groups -OCH3 is 1. The Morgan fingerprint density at radius 2 is 1.80 bits per heavy atom. The highest BCUT2D eigenvalue weighted by atomic mass is 35.5. The maximum absolute atomic E-state index is 12.8. The number of nitrogens with zero attached hydrogens (tertiary/aromatic N) is 1. The van der Waals surface area contributed by atoms with Crippen LogP contribution in [0.25, 0.3) is 0 Å². The van der Waals surface area contributed by atoms with Crippen LogP contribution in [0.3, 0.4) is 0 Å². The molecule has 0 heterocycles. The van der Waals surface area contributed by atoms with Crippen LogP contribution in [0.4, 0.5) is 24.5 Å². The summed E-state index contributed by atoms with van der Waals surface area (Å²) < 4.78 is 68.8. The molecule has 0 fully saturated rings. The summed E-state index contributed by atoms with van der Waals surface area (Å²) in [6.07, 6.45) is -3.51. The Balaban J connectivity index is 2.02. The van der Waals surface area contributed by atoms with E-state index in [-0.39, 0.29) is 30.1 Å². The Bertz CT molecular complexity index is 996. The summed E-state index contributed by atoms with van der Waals surface area (Å²) in [4.78, 5) is 12.1. The van der Waals surface area contributed by atoms with Gasteiger partial charge < -0.3 is 10.1 Å². The summed E-state index contributed by atoms with van der Waals surface area (Å²) in [6.45, 7) is 0.00883. The summed E-state index contributed by atoms with van der Waals surface area (Å²) in [5, 5.41) is 2.30. The van der Waals surface area contributed by atoms with Crippen molar-refractivity contribution in [2.75, 3.05) is 29.5 Å². The first-order chi connectivity index (χ1) is 13.9. The smallest absolute Gasteiger partial charge is 0.416 e. The molecule has 2 rings (SSSR count). The van der Waals surface area contributed by atoms with Crippen LogP contribution >= 0.6 is 11.6 Å². The Labute approximate surface area is 177 Å². The summed E-state index contributed by atoms with van der Waals surface area (Å²) in [6, 6.07) is 8.97. The second kappa shape index (κ2) is 9.57. The van der Waals surface area contributed by atoms with E-state index in [0.717, 1.165) is 28.8 Å². The predicted octanol–water partition coefficient (Wildman–Crippen LogP) is 4.55. The lowest BCUT2D eigenvalue weighted by molar-refractivity contribution is -0.137. The van der Waals surface area contributed by atoms with Crippen molar-refractivity contribution in [1.29, 1.82) is 0 Å². The lowest BCUT2D eigenvalue weighted by atomic mass is 10.2. The van der Waals surface area contributed by atoms with Gasteiger partial charge in [-0.25, -0.2) is 8.42 Å². The van der Waals surface area contributed by atoms with Crippen molar-refractivity contribution in [2.24, 2.45) is 0 Å². The molecule has 0 unspecified atom stereocenters. The van der Waals surface area contributed by atoms with Gasteiger partial charge in [0, 0.05) is 13.0 Å². The van der Waals surface area contributed by atoms with Crippen molar-refractivity contribution < 1.29 is 31.1 Å². The zero-order chi connectivity index (χ0) is 22.5. The molecule has 2 aromatic rings. The number of sulfonamides is 1. The second-order valence-electron chi connectivity index (χ2n) is 6.38. The molecule has 0 aliphatic heterocycles. The molecule has 0 saturated heterocycles. The standard InChI is InChI=1S/C19H20ClF3N2O4S/c1-29-15-8-6-14(7-9-15)25(30(2,27)28)11-3-4-18(26)24-17-12-13(19(21,22)23)5-10-16(17)20/h5-10,12H,3-4,11H2,1-2H3,(H,24,26). The fourth-order valence-electron chi connectivity index (χ4n) is 2.63. The molecule has 0 aliphatic rings. The normalized spacial score (nSPS) is 11.8. The molecular weight excluding hydrogens is 445 g/mol. The lowest BCUT2D eigenvalue weighted by Gasteiger charge is -2.22. The van der Waals surface area contributed by atoms with Crippen LogP contribution < -0.4 is 14.4 Å². The van der Waals surface area contributed by atoms with Gasteiger partial charge in [0.1, 0.15) is 5.75 Å². The molecule has 0 radical (unpaired) electrons. The Morgan fingerprint density at radius 1 is 1.17 bits per heavy atom. The number of ether oxygens (including phenoxy) is 1. The van der Waals surface area contributed by atoms with E-state index in [0.29, 0.717) is 11.4 Å². The number of alkyl halides is 3. The van der Waals surface area contributed by atoms with Gasteiger partial charge in [0.25, 0.3) is 0 Å². The number of nitrogens with one attached hydrogen (secondary N) is 1. The average Bonchev–Trinajstić information content (AvgIpc) is 2.65. The van der Waals surface area contributed by atoms with Crippen LogP contribution in [-0.2, 0) is 21.0 Å². The van der Waals surface area contributed by atoms with E-state index in [4.69, 9.17) is 16.3 Å². The molecule has 1 N–H and O–H groups in total. The Hall–Kier alpha value is -2.46. The lowest BCUT2D eigenvalue weighted by Crippen LogP contribution is -2.31. The van der Waals surface area contributed by atoms with Crippen LogP contribution in [0, 0.1) is 0 Å². The van der Waals surface area contributed by atoms with Crippen molar-refractivity contribution in [3.63, 3.8) is 0 Å². The summed E-state index contributed by atoms with van der Waals surface area (Å²) >= 11 is 5.86. The van der Waals surface area contributed by atoms with Crippen molar-refractivity contribution in [2.45, 2.75) is 19.0 Å². The maximum Gasteiger partial charge on any atom is 0.416 e. The summed E-state index contributed by atoms with van der Waals surface area (Å²) in [5.41, 5.74) is -0.698. The number of carbonyl (C=O) groups excluding carboxylic acids is 1. The molecule has 0 bridgehead atoms. The van der Waals surface area contributed by atoms with Gasteiger partial charge in [-0.3, -0.25) is 9.10 Å². The van der Waals surface area contributed by atoms with E-state index in [1.54, 1.807) is 24.3 Å². The van der Waals surface area contributed by atoms with Gasteiger partial charge in [0.05, 0.1) is 35.3 Å². The van der Waals surface area contributed by atoms with Gasteiger partial charge in [0.15, 0.2) is 0 Å². The van der Waals surface area contributed by atoms with Crippen LogP contribution in [-0.4, -0.2) is 34.2 Å². The molecule has 0 aromatic heterocycles. The molecule has 6 nitrogen and oxygen atoms in total. The predicted molar refractivity (Wildman–Crippen MR) is 110 cm³/mol. The fraction of sp³-hybridized carbons (Fsp3) is 0.316. The van der Waals surface area contributed by atoms with E-state index in [1.165, 1.54) is 7.11 Å². The third-order valence-electron chi connectivity index (χ3n) is 4.09. The third kappa shape index (κ3) is 6.53. The number of halogens is 4. The molecule has 30 heavy (non-hydrogen) atoms. The van der Waals surface area contributed by atoms with E-state index in [2.05, 4.69) is 5.32 Å². The number of hydrogen-bond acceptors (Lipinski definition) is 4. The first kappa shape index (κ1) is 23.8. The highest BCUT2D eigenvalue weighted by Crippen LogP contribution is 2.34. The topological polar surface area (TPSA) is 75.7 Å². The molecule has 0 aliphatic carbocycles. The van der Waals surface area contributed by atoms with Crippen LogP contribution in [0.1, 0.15) is 18.4 Å². The maximum atomic E-state index is 12.8. The zero-order valence-corrected chi connectivity index (χ0v) is 17.7. The van der Waals surface area contributed by atoms with Gasteiger partial charge in [-0.1, -0.05) is 11.6 Å². The summed E-state index contributed by atoms with van der Waals surface area (Å²) in [5.74, 6) is -0.0241. The fourth-order valence-corrected chi connectivity index (χ4v) is 3.76. The molecule has 2 aromatic carbocycles. The molecule has 0 saturated carbocycles. The molecular formula is C19H20ClF3N2O4S. The monoisotopic (exact) mass is 464 g/mol. The second-order valence-corrected chi connectivity index (χ2v) is 8.69. The number of anilines is 2. The van der Waals surface area contributed by atoms with Gasteiger partial charge in [-0.05, 0) is 48.9 Å². The number of carbonyl (C=O) groups is 1. The minimum Gasteiger partial charge on any atom is -0.497 e. The van der Waals surface area contributed by atoms with E-state index in [9.17, 15) is 26.4 Å². The molecule has 1 amide bonds. The van der Waals surface area contributed by atoms with Crippen molar-refractivity contribution >= 4 is 38.9 Å². The van der Waals surface area contributed by atoms with Gasteiger partial charge in [-0.15, -0.1) is 0 Å². The highest BCUT2D eigenvalue weighted by Gasteiger charge is 2.31. The molecule has 164 valence electrons. The van der Waals surface area contributed by atoms with Crippen LogP contribution in [0.5, 0.6) is 5.75 Å². The average molecular weight is 465 g/mol. The zero-order valence-electron chi connectivity index (χ0n) is 16.2. The van der Waals surface area contributed by atoms with Gasteiger partial charge in [-0.2, -0.15) is 13.2 Å². The Morgan fingerprint density at radius 3 is 2.33 bits per heavy atom. The van der Waals surface area contributed by atoms with Gasteiger partial charge in [0.2, 0.25) is 15.9 Å². The SMILES string of the molecule is COc1ccc(N(CCCC(=O)Nc2cc(C(F)(F)F)ccc2Cl)S(C)(=O)=O)cc1. The number of rotatable bonds is 8. The van der Waals surface area contributed by atoms with E-state index >= 15 is 0 Å². The number of hydrogen-bond donors (Lipinski definition) is 1. The highest BCUT2D eigenvalue weighted by molar-refractivity contribution is 7.92. The Kier molecular flexibility index (Phi) is 7.59. The van der Waals surface area contributed by atoms with Gasteiger partial charge >= 0.3 is 6.18 Å². The van der Waals surface area contributed by atoms with Crippen molar-refractivity contribution in [3.05, 3.63) is 53.1 Å². The van der Waals surface area contributed by atoms with E-state index < -0.39 is 27.7 Å². The minimum atomic E-state index is -4.57. The first-order valence-corrected chi connectivity index (χ1v) is 10.9. The first-order valence-electron chi connectivity index (χ1n) is 8.70.